The van der Waals surface area contributed by atoms with Crippen molar-refractivity contribution in [3.63, 3.8) is 0 Å². The lowest BCUT2D eigenvalue weighted by molar-refractivity contribution is -0.127. The van der Waals surface area contributed by atoms with Gasteiger partial charge in [0.15, 0.2) is 5.79 Å². The van der Waals surface area contributed by atoms with E-state index >= 15 is 0 Å². The zero-order chi connectivity index (χ0) is 11.2. The van der Waals surface area contributed by atoms with Crippen molar-refractivity contribution in [3.8, 4) is 0 Å². The highest BCUT2D eigenvalue weighted by atomic mass is 127. The first-order valence-electron chi connectivity index (χ1n) is 4.71. The van der Waals surface area contributed by atoms with Crippen LogP contribution in [0.15, 0.2) is 12.7 Å². The molecule has 1 rings (SSSR count). The van der Waals surface area contributed by atoms with Crippen LogP contribution >= 0.6 is 23.0 Å². The van der Waals surface area contributed by atoms with Gasteiger partial charge in [-0.2, -0.15) is 0 Å². The molecule has 1 aliphatic carbocycles. The van der Waals surface area contributed by atoms with Gasteiger partial charge in [0.2, 0.25) is 0 Å². The third kappa shape index (κ3) is 8.93. The van der Waals surface area contributed by atoms with Gasteiger partial charge in [-0.3, -0.25) is 0 Å². The standard InChI is InChI=1S/C7H11IO.C3H8O2/c1-2-6-3-4-7(5-6)9-8;1-3(2,4)5/h2,6-7H,1,3-5H2;4-5H,1-2H3/t6?,7-;/m1./s1. The maximum absolute atomic E-state index is 8.08. The highest BCUT2D eigenvalue weighted by Gasteiger charge is 2.22. The zero-order valence-corrected chi connectivity index (χ0v) is 10.9. The van der Waals surface area contributed by atoms with Crippen LogP contribution in [0.4, 0.5) is 0 Å². The number of hydrogen-bond acceptors (Lipinski definition) is 3. The minimum absolute atomic E-state index is 0.494. The maximum atomic E-state index is 8.08. The van der Waals surface area contributed by atoms with Gasteiger partial charge in [0.05, 0.1) is 6.10 Å². The number of aliphatic hydroxyl groups is 2. The van der Waals surface area contributed by atoms with Gasteiger partial charge in [-0.15, -0.1) is 6.58 Å². The fraction of sp³-hybridized carbons (Fsp3) is 0.800. The Balaban J connectivity index is 0.000000292. The fourth-order valence-electron chi connectivity index (χ4n) is 1.27. The second-order valence-electron chi connectivity index (χ2n) is 4.01. The number of halogens is 1. The summed E-state index contributed by atoms with van der Waals surface area (Å²) in [4.78, 5) is 0. The van der Waals surface area contributed by atoms with Crippen LogP contribution in [0.5, 0.6) is 0 Å². The minimum Gasteiger partial charge on any atom is -0.366 e. The average Bonchev–Trinajstić information content (AvgIpc) is 2.48. The second kappa shape index (κ2) is 6.76. The molecular formula is C10H19IO3. The van der Waals surface area contributed by atoms with Crippen LogP contribution in [-0.2, 0) is 3.07 Å². The Morgan fingerprint density at radius 2 is 1.93 bits per heavy atom. The lowest BCUT2D eigenvalue weighted by atomic mass is 10.1. The van der Waals surface area contributed by atoms with Crippen LogP contribution in [0, 0.1) is 5.92 Å². The molecule has 1 fully saturated rings. The van der Waals surface area contributed by atoms with Gasteiger partial charge < -0.3 is 13.3 Å². The van der Waals surface area contributed by atoms with Crippen LogP contribution in [-0.4, -0.2) is 22.1 Å². The Hall–Kier alpha value is 0.350. The summed E-state index contributed by atoms with van der Waals surface area (Å²) in [6.45, 7) is 6.35. The van der Waals surface area contributed by atoms with Crippen molar-refractivity contribution in [2.45, 2.75) is 45.0 Å². The molecule has 0 radical (unpaired) electrons. The first-order chi connectivity index (χ1) is 6.36. The quantitative estimate of drug-likeness (QED) is 0.467. The molecule has 0 aromatic heterocycles. The molecule has 0 spiro atoms. The van der Waals surface area contributed by atoms with Crippen molar-refractivity contribution in [1.82, 2.24) is 0 Å². The molecule has 84 valence electrons. The second-order valence-corrected chi connectivity index (χ2v) is 4.52. The molecule has 2 atom stereocenters. The Bertz CT molecular complexity index is 159. The molecule has 1 aliphatic rings. The predicted octanol–water partition coefficient (Wildman–Crippen LogP) is 2.41. The highest BCUT2D eigenvalue weighted by Crippen LogP contribution is 2.29. The summed E-state index contributed by atoms with van der Waals surface area (Å²) in [6, 6.07) is 0. The highest BCUT2D eigenvalue weighted by molar-refractivity contribution is 14.1. The van der Waals surface area contributed by atoms with Gasteiger partial charge in [-0.1, -0.05) is 6.08 Å². The van der Waals surface area contributed by atoms with Crippen LogP contribution in [0.2, 0.25) is 0 Å². The van der Waals surface area contributed by atoms with E-state index in [1.165, 1.54) is 33.1 Å². The first kappa shape index (κ1) is 14.3. The van der Waals surface area contributed by atoms with Gasteiger partial charge in [0, 0.05) is 0 Å². The molecule has 0 heterocycles. The molecule has 0 bridgehead atoms. The Morgan fingerprint density at radius 1 is 1.43 bits per heavy atom. The van der Waals surface area contributed by atoms with E-state index in [1.807, 2.05) is 29.1 Å². The fourth-order valence-corrected chi connectivity index (χ4v) is 1.73. The normalized spacial score (nSPS) is 26.6. The number of rotatable bonds is 2. The maximum Gasteiger partial charge on any atom is 0.156 e. The molecule has 2 N–H and O–H groups in total. The molecule has 3 nitrogen and oxygen atoms in total. The van der Waals surface area contributed by atoms with Gasteiger partial charge in [0.1, 0.15) is 23.0 Å². The van der Waals surface area contributed by atoms with E-state index in [4.69, 9.17) is 13.3 Å². The van der Waals surface area contributed by atoms with Gasteiger partial charge in [-0.05, 0) is 39.0 Å². The van der Waals surface area contributed by atoms with E-state index in [1.54, 1.807) is 0 Å². The van der Waals surface area contributed by atoms with E-state index in [0.29, 0.717) is 12.0 Å². The van der Waals surface area contributed by atoms with E-state index < -0.39 is 5.79 Å². The van der Waals surface area contributed by atoms with E-state index in [2.05, 4.69) is 6.58 Å². The smallest absolute Gasteiger partial charge is 0.156 e. The van der Waals surface area contributed by atoms with Crippen LogP contribution in [0.1, 0.15) is 33.1 Å². The Kier molecular flexibility index (Phi) is 6.93. The van der Waals surface area contributed by atoms with Gasteiger partial charge in [-0.25, -0.2) is 0 Å². The molecule has 4 heteroatoms. The molecular weight excluding hydrogens is 295 g/mol. The monoisotopic (exact) mass is 314 g/mol. The zero-order valence-electron chi connectivity index (χ0n) is 8.74. The molecule has 0 aromatic rings. The Labute approximate surface area is 99.8 Å². The Morgan fingerprint density at radius 3 is 2.14 bits per heavy atom. The van der Waals surface area contributed by atoms with Crippen LogP contribution in [0.25, 0.3) is 0 Å². The lowest BCUT2D eigenvalue weighted by Crippen LogP contribution is -2.15. The van der Waals surface area contributed by atoms with Crippen molar-refractivity contribution in [3.05, 3.63) is 12.7 Å². The van der Waals surface area contributed by atoms with Crippen molar-refractivity contribution in [1.29, 1.82) is 0 Å². The summed E-state index contributed by atoms with van der Waals surface area (Å²) in [5, 5.41) is 16.2. The summed E-state index contributed by atoms with van der Waals surface area (Å²) in [7, 11) is 0. The van der Waals surface area contributed by atoms with Crippen molar-refractivity contribution >= 4 is 23.0 Å². The van der Waals surface area contributed by atoms with Gasteiger partial charge in [0.25, 0.3) is 0 Å². The minimum atomic E-state index is -1.50. The molecule has 0 saturated heterocycles. The molecule has 1 saturated carbocycles. The van der Waals surface area contributed by atoms with E-state index in [0.717, 1.165) is 0 Å². The topological polar surface area (TPSA) is 49.7 Å². The summed E-state index contributed by atoms with van der Waals surface area (Å²) in [5.74, 6) is -0.787. The molecule has 0 amide bonds. The molecule has 1 unspecified atom stereocenters. The van der Waals surface area contributed by atoms with E-state index in [-0.39, 0.29) is 0 Å². The summed E-state index contributed by atoms with van der Waals surface area (Å²) >= 11 is 1.98. The largest absolute Gasteiger partial charge is 0.366 e. The van der Waals surface area contributed by atoms with Crippen molar-refractivity contribution in [2.75, 3.05) is 0 Å². The first-order valence-corrected chi connectivity index (χ1v) is 5.59. The summed E-state index contributed by atoms with van der Waals surface area (Å²) in [6.07, 6.45) is 6.17. The van der Waals surface area contributed by atoms with Gasteiger partial charge >= 0.3 is 0 Å². The molecule has 14 heavy (non-hydrogen) atoms. The number of allylic oxidation sites excluding steroid dienone is 1. The summed E-state index contributed by atoms with van der Waals surface area (Å²) in [5.41, 5.74) is 0. The van der Waals surface area contributed by atoms with E-state index in [9.17, 15) is 0 Å². The van der Waals surface area contributed by atoms with Crippen LogP contribution < -0.4 is 0 Å². The number of hydrogen-bond donors (Lipinski definition) is 2. The predicted molar refractivity (Wildman–Crippen MR) is 64.9 cm³/mol. The SMILES string of the molecule is C=CC1CC[C@@H](OI)C1.CC(C)(O)O. The third-order valence-corrected chi connectivity index (χ3v) is 2.60. The summed E-state index contributed by atoms with van der Waals surface area (Å²) < 4.78 is 5.17. The molecule has 0 aliphatic heterocycles. The third-order valence-electron chi connectivity index (χ3n) is 1.88. The lowest BCUT2D eigenvalue weighted by Gasteiger charge is -2.03. The van der Waals surface area contributed by atoms with Crippen molar-refractivity contribution in [2.24, 2.45) is 5.92 Å². The molecule has 0 aromatic carbocycles. The average molecular weight is 314 g/mol. The van der Waals surface area contributed by atoms with Crippen LogP contribution in [0.3, 0.4) is 0 Å². The van der Waals surface area contributed by atoms with Crippen molar-refractivity contribution < 1.29 is 13.3 Å².